The smallest absolute Gasteiger partial charge is 0.317 e. The highest BCUT2D eigenvalue weighted by Crippen LogP contribution is 2.37. The van der Waals surface area contributed by atoms with E-state index in [1.54, 1.807) is 6.08 Å². The third-order valence-corrected chi connectivity index (χ3v) is 5.12. The number of ketones is 1. The summed E-state index contributed by atoms with van der Waals surface area (Å²) >= 11 is 7.35. The summed E-state index contributed by atoms with van der Waals surface area (Å²) < 4.78 is 0. The molecule has 0 radical (unpaired) electrons. The molecule has 0 bridgehead atoms. The van der Waals surface area contributed by atoms with E-state index in [1.165, 1.54) is 6.07 Å². The van der Waals surface area contributed by atoms with Gasteiger partial charge in [-0.05, 0) is 30.3 Å². The SMILES string of the molecule is N#CCC(=O)O.N[C@H]1CCN(c2c(Cl)cccc2/C=C2\SC(=O)CC2=O)C1. The molecule has 2 saturated heterocycles. The Morgan fingerprint density at radius 1 is 1.48 bits per heavy atom. The van der Waals surface area contributed by atoms with Crippen LogP contribution in [0.1, 0.15) is 24.8 Å². The summed E-state index contributed by atoms with van der Waals surface area (Å²) in [6, 6.07) is 7.20. The van der Waals surface area contributed by atoms with E-state index < -0.39 is 12.4 Å². The number of carbonyl (C=O) groups excluding carboxylic acids is 2. The van der Waals surface area contributed by atoms with Gasteiger partial charge in [-0.1, -0.05) is 23.7 Å². The molecule has 3 N–H and O–H groups in total. The number of hydrogen-bond donors (Lipinski definition) is 2. The van der Waals surface area contributed by atoms with Crippen LogP contribution in [0.15, 0.2) is 23.1 Å². The lowest BCUT2D eigenvalue weighted by atomic mass is 10.1. The number of carbonyl (C=O) groups is 3. The Balaban J connectivity index is 0.000000380. The fraction of sp³-hybridized carbons (Fsp3) is 0.333. The van der Waals surface area contributed by atoms with Gasteiger partial charge in [-0.3, -0.25) is 14.4 Å². The van der Waals surface area contributed by atoms with Crippen LogP contribution in [0.4, 0.5) is 5.69 Å². The number of carboxylic acids is 1. The van der Waals surface area contributed by atoms with E-state index in [4.69, 9.17) is 27.7 Å². The lowest BCUT2D eigenvalue weighted by molar-refractivity contribution is -0.135. The second-order valence-corrected chi connectivity index (χ2v) is 7.49. The molecule has 0 unspecified atom stereocenters. The first-order valence-electron chi connectivity index (χ1n) is 8.15. The highest BCUT2D eigenvalue weighted by Gasteiger charge is 2.27. The zero-order valence-corrected chi connectivity index (χ0v) is 15.9. The minimum absolute atomic E-state index is 0.0129. The number of halogens is 1. The first-order valence-corrected chi connectivity index (χ1v) is 9.34. The summed E-state index contributed by atoms with van der Waals surface area (Å²) in [5.74, 6) is -1.19. The van der Waals surface area contributed by atoms with Crippen LogP contribution in [0, 0.1) is 11.3 Å². The van der Waals surface area contributed by atoms with Crippen molar-refractivity contribution >= 4 is 52.0 Å². The first kappa shape index (κ1) is 21.0. The van der Waals surface area contributed by atoms with Crippen molar-refractivity contribution in [2.45, 2.75) is 25.3 Å². The van der Waals surface area contributed by atoms with Crippen molar-refractivity contribution in [2.75, 3.05) is 18.0 Å². The highest BCUT2D eigenvalue weighted by molar-refractivity contribution is 8.18. The number of rotatable bonds is 3. The number of anilines is 1. The number of nitrogens with two attached hydrogens (primary N) is 1. The van der Waals surface area contributed by atoms with Crippen LogP contribution < -0.4 is 10.6 Å². The average molecular weight is 408 g/mol. The predicted molar refractivity (Wildman–Crippen MR) is 104 cm³/mol. The van der Waals surface area contributed by atoms with Crippen molar-refractivity contribution in [1.82, 2.24) is 0 Å². The van der Waals surface area contributed by atoms with Crippen molar-refractivity contribution in [2.24, 2.45) is 5.73 Å². The molecule has 27 heavy (non-hydrogen) atoms. The Hall–Kier alpha value is -2.34. The molecule has 1 aromatic carbocycles. The molecule has 0 aliphatic carbocycles. The normalized spacial score (nSPS) is 20.4. The average Bonchev–Trinajstić information content (AvgIpc) is 3.13. The van der Waals surface area contributed by atoms with Gasteiger partial charge >= 0.3 is 5.97 Å². The summed E-state index contributed by atoms with van der Waals surface area (Å²) in [6.07, 6.45) is 2.28. The van der Waals surface area contributed by atoms with E-state index in [0.717, 1.165) is 42.5 Å². The van der Waals surface area contributed by atoms with Gasteiger partial charge in [-0.15, -0.1) is 0 Å². The van der Waals surface area contributed by atoms with E-state index >= 15 is 0 Å². The Labute approximate surface area is 165 Å². The molecule has 7 nitrogen and oxygen atoms in total. The number of thioether (sulfide) groups is 1. The van der Waals surface area contributed by atoms with Gasteiger partial charge in [0.05, 0.1) is 28.1 Å². The summed E-state index contributed by atoms with van der Waals surface area (Å²) in [7, 11) is 0. The van der Waals surface area contributed by atoms with Crippen molar-refractivity contribution in [3.05, 3.63) is 33.7 Å². The molecule has 2 aliphatic rings. The van der Waals surface area contributed by atoms with E-state index in [0.29, 0.717) is 9.93 Å². The topological polar surface area (TPSA) is 124 Å². The number of aliphatic carboxylic acids is 1. The molecule has 2 aliphatic heterocycles. The van der Waals surface area contributed by atoms with E-state index in [9.17, 15) is 14.4 Å². The van der Waals surface area contributed by atoms with Gasteiger partial charge in [0.1, 0.15) is 6.42 Å². The maximum Gasteiger partial charge on any atom is 0.317 e. The van der Waals surface area contributed by atoms with Crippen LogP contribution in [0.2, 0.25) is 5.02 Å². The molecule has 0 spiro atoms. The number of benzene rings is 1. The van der Waals surface area contributed by atoms with Crippen molar-refractivity contribution in [3.8, 4) is 6.07 Å². The summed E-state index contributed by atoms with van der Waals surface area (Å²) in [5.41, 5.74) is 7.72. The molecule has 142 valence electrons. The molecule has 1 atom stereocenters. The number of nitriles is 1. The van der Waals surface area contributed by atoms with Gasteiger partial charge < -0.3 is 15.7 Å². The number of allylic oxidation sites excluding steroid dienone is 1. The molecule has 0 aromatic heterocycles. The molecule has 9 heteroatoms. The Kier molecular flexibility index (Phi) is 7.42. The largest absolute Gasteiger partial charge is 0.480 e. The van der Waals surface area contributed by atoms with Crippen molar-refractivity contribution in [1.29, 1.82) is 5.26 Å². The fourth-order valence-corrected chi connectivity index (χ4v) is 3.85. The molecule has 3 rings (SSSR count). The van der Waals surface area contributed by atoms with Crippen LogP contribution in [0.25, 0.3) is 6.08 Å². The van der Waals surface area contributed by atoms with E-state index in [-0.39, 0.29) is 23.4 Å². The van der Waals surface area contributed by atoms with Crippen LogP contribution in [0.3, 0.4) is 0 Å². The zero-order chi connectivity index (χ0) is 20.0. The zero-order valence-electron chi connectivity index (χ0n) is 14.4. The van der Waals surface area contributed by atoms with Gasteiger partial charge in [0.25, 0.3) is 0 Å². The van der Waals surface area contributed by atoms with Crippen LogP contribution in [-0.4, -0.2) is 41.1 Å². The molecule has 2 heterocycles. The Bertz CT molecular complexity index is 834. The van der Waals surface area contributed by atoms with Crippen LogP contribution >= 0.6 is 23.4 Å². The van der Waals surface area contributed by atoms with Crippen molar-refractivity contribution in [3.63, 3.8) is 0 Å². The fourth-order valence-electron chi connectivity index (χ4n) is 2.73. The lowest BCUT2D eigenvalue weighted by Gasteiger charge is -2.22. The quantitative estimate of drug-likeness (QED) is 0.578. The van der Waals surface area contributed by atoms with Gasteiger partial charge in [0.2, 0.25) is 5.12 Å². The number of hydrogen-bond acceptors (Lipinski definition) is 7. The maximum absolute atomic E-state index is 11.8. The second-order valence-electron chi connectivity index (χ2n) is 5.98. The minimum atomic E-state index is -1.07. The summed E-state index contributed by atoms with van der Waals surface area (Å²) in [6.45, 7) is 1.60. The van der Waals surface area contributed by atoms with Gasteiger partial charge in [0, 0.05) is 24.7 Å². The third-order valence-electron chi connectivity index (χ3n) is 3.88. The monoisotopic (exact) mass is 407 g/mol. The number of nitrogens with zero attached hydrogens (tertiary/aromatic N) is 2. The molecular formula is C18H18ClN3O4S. The van der Waals surface area contributed by atoms with Gasteiger partial charge in [0.15, 0.2) is 5.78 Å². The molecule has 1 aromatic rings. The van der Waals surface area contributed by atoms with Gasteiger partial charge in [-0.25, -0.2) is 0 Å². The maximum atomic E-state index is 11.8. The first-order chi connectivity index (χ1) is 12.8. The number of carboxylic acid groups (broad SMARTS) is 1. The standard InChI is InChI=1S/C15H15ClN2O2S.C3H3NO2/c16-11-3-1-2-9(6-13-12(19)7-14(20)21-13)15(11)18-5-4-10(17)8-18;4-2-1-3(5)6/h1-3,6,10H,4-5,7-8,17H2;1H2,(H,5,6)/b13-6-;/t10-;/m0./s1. The number of para-hydroxylation sites is 1. The number of Topliss-reactive ketones (excluding diaryl/α,β-unsaturated/α-hetero) is 1. The van der Waals surface area contributed by atoms with Crippen molar-refractivity contribution < 1.29 is 19.5 Å². The second kappa shape index (κ2) is 9.55. The Morgan fingerprint density at radius 3 is 2.70 bits per heavy atom. The van der Waals surface area contributed by atoms with Crippen LogP contribution in [-0.2, 0) is 14.4 Å². The third kappa shape index (κ3) is 5.82. The molecule has 0 amide bonds. The van der Waals surface area contributed by atoms with Gasteiger partial charge in [-0.2, -0.15) is 5.26 Å². The Morgan fingerprint density at radius 2 is 2.22 bits per heavy atom. The van der Waals surface area contributed by atoms with E-state index in [2.05, 4.69) is 4.90 Å². The van der Waals surface area contributed by atoms with E-state index in [1.807, 2.05) is 18.2 Å². The molecule has 0 saturated carbocycles. The highest BCUT2D eigenvalue weighted by atomic mass is 35.5. The molecule has 2 fully saturated rings. The van der Waals surface area contributed by atoms with Crippen LogP contribution in [0.5, 0.6) is 0 Å². The lowest BCUT2D eigenvalue weighted by Crippen LogP contribution is -2.26. The molecular weight excluding hydrogens is 390 g/mol. The summed E-state index contributed by atoms with van der Waals surface area (Å²) in [5, 5.41) is 15.8. The predicted octanol–water partition coefficient (Wildman–Crippen LogP) is 2.44. The minimum Gasteiger partial charge on any atom is -0.480 e. The summed E-state index contributed by atoms with van der Waals surface area (Å²) in [4.78, 5) is 35.1.